The van der Waals surface area contributed by atoms with E-state index in [1.54, 1.807) is 4.90 Å². The molecule has 2 aliphatic rings. The van der Waals surface area contributed by atoms with Gasteiger partial charge in [0.25, 0.3) is 5.91 Å². The van der Waals surface area contributed by atoms with Crippen molar-refractivity contribution in [1.29, 1.82) is 0 Å². The van der Waals surface area contributed by atoms with Crippen LogP contribution < -0.4 is 10.2 Å². The molecule has 0 saturated carbocycles. The van der Waals surface area contributed by atoms with Crippen molar-refractivity contribution in [1.82, 2.24) is 5.32 Å². The fourth-order valence-corrected chi connectivity index (χ4v) is 6.28. The Morgan fingerprint density at radius 3 is 2.14 bits per heavy atom. The lowest BCUT2D eigenvalue weighted by Gasteiger charge is -2.31. The van der Waals surface area contributed by atoms with Gasteiger partial charge >= 0.3 is 0 Å². The molecule has 1 amide bonds. The van der Waals surface area contributed by atoms with E-state index in [0.717, 1.165) is 32.4 Å². The second kappa shape index (κ2) is 9.25. The normalized spacial score (nSPS) is 24.4. The highest BCUT2D eigenvalue weighted by Gasteiger charge is 2.68. The van der Waals surface area contributed by atoms with E-state index in [-0.39, 0.29) is 10.8 Å². The Bertz CT molecular complexity index is 1460. The summed E-state index contributed by atoms with van der Waals surface area (Å²) in [6, 6.07) is 32.7. The van der Waals surface area contributed by atoms with Crippen LogP contribution in [0, 0.1) is 10.1 Å². The van der Waals surface area contributed by atoms with Crippen LogP contribution in [0.2, 0.25) is 0 Å². The highest BCUT2D eigenvalue weighted by Crippen LogP contribution is 2.57. The molecule has 4 aromatic rings. The number of fused-ring (bicyclic) bond motifs is 2. The fourth-order valence-electron chi connectivity index (χ4n) is 6.01. The Morgan fingerprint density at radius 2 is 1.46 bits per heavy atom. The van der Waals surface area contributed by atoms with Crippen LogP contribution in [0.5, 0.6) is 0 Å². The Morgan fingerprint density at radius 1 is 0.838 bits per heavy atom. The molecule has 0 aliphatic carbocycles. The summed E-state index contributed by atoms with van der Waals surface area (Å²) in [6.07, 6.45) is 0. The van der Waals surface area contributed by atoms with Crippen LogP contribution in [0.15, 0.2) is 114 Å². The van der Waals surface area contributed by atoms with Gasteiger partial charge in [0.15, 0.2) is 0 Å². The number of amides is 1. The first-order valence-electron chi connectivity index (χ1n) is 12.2. The third-order valence-corrected chi connectivity index (χ3v) is 8.08. The van der Waals surface area contributed by atoms with E-state index in [9.17, 15) is 14.9 Å². The molecule has 4 aromatic carbocycles. The number of carbonyl (C=O) groups excluding carboxylic acids is 1. The highest BCUT2D eigenvalue weighted by molar-refractivity contribution is 9.10. The maximum absolute atomic E-state index is 14.6. The van der Waals surface area contributed by atoms with Gasteiger partial charge in [0.05, 0.1) is 12.5 Å². The molecule has 0 radical (unpaired) electrons. The summed E-state index contributed by atoms with van der Waals surface area (Å²) in [4.78, 5) is 29.0. The monoisotopic (exact) mass is 553 g/mol. The summed E-state index contributed by atoms with van der Waals surface area (Å²) in [5, 5.41) is 16.4. The molecular formula is C30H24BrN3O3. The van der Waals surface area contributed by atoms with E-state index >= 15 is 0 Å². The molecular weight excluding hydrogens is 530 g/mol. The quantitative estimate of drug-likeness (QED) is 0.244. The fraction of sp³-hybridized carbons (Fsp3) is 0.167. The molecule has 7 heteroatoms. The molecule has 4 atom stereocenters. The minimum Gasteiger partial charge on any atom is -0.306 e. The SMILES string of the molecule is O=C1N(Cc2ccccc2)c2ccccc2[C@@]12N[C@@H](c1ccccc1)[C@@H]([N+](=O)[O-])[C@@H]2c1ccc(Br)cc1. The number of carbonyl (C=O) groups is 1. The Kier molecular flexibility index (Phi) is 5.89. The third-order valence-electron chi connectivity index (χ3n) is 7.55. The lowest BCUT2D eigenvalue weighted by Crippen LogP contribution is -2.50. The summed E-state index contributed by atoms with van der Waals surface area (Å²) in [6.45, 7) is 0.381. The first-order valence-corrected chi connectivity index (χ1v) is 13.0. The lowest BCUT2D eigenvalue weighted by molar-refractivity contribution is -0.527. The van der Waals surface area contributed by atoms with Crippen molar-refractivity contribution in [2.75, 3.05) is 4.90 Å². The number of benzene rings is 4. The van der Waals surface area contributed by atoms with Gasteiger partial charge in [-0.05, 0) is 34.9 Å². The van der Waals surface area contributed by atoms with E-state index in [2.05, 4.69) is 21.2 Å². The molecule has 1 fully saturated rings. The van der Waals surface area contributed by atoms with Crippen molar-refractivity contribution < 1.29 is 9.72 Å². The molecule has 1 spiro atoms. The van der Waals surface area contributed by atoms with Gasteiger partial charge in [0, 0.05) is 20.6 Å². The van der Waals surface area contributed by atoms with Crippen molar-refractivity contribution in [2.45, 2.75) is 30.1 Å². The van der Waals surface area contributed by atoms with E-state index in [4.69, 9.17) is 0 Å². The number of nitro groups is 1. The number of hydrogen-bond donors (Lipinski definition) is 1. The summed E-state index contributed by atoms with van der Waals surface area (Å²) in [7, 11) is 0. The number of rotatable bonds is 5. The van der Waals surface area contributed by atoms with Gasteiger partial charge in [-0.3, -0.25) is 20.2 Å². The second-order valence-corrected chi connectivity index (χ2v) is 10.5. The molecule has 6 rings (SSSR count). The van der Waals surface area contributed by atoms with Crippen LogP contribution in [0.1, 0.15) is 34.2 Å². The van der Waals surface area contributed by atoms with Crippen LogP contribution in [0.3, 0.4) is 0 Å². The zero-order valence-electron chi connectivity index (χ0n) is 19.8. The second-order valence-electron chi connectivity index (χ2n) is 9.54. The van der Waals surface area contributed by atoms with E-state index in [0.29, 0.717) is 6.54 Å². The molecule has 6 nitrogen and oxygen atoms in total. The smallest absolute Gasteiger partial charge is 0.253 e. The van der Waals surface area contributed by atoms with E-state index in [1.165, 1.54) is 0 Å². The van der Waals surface area contributed by atoms with Gasteiger partial charge in [0.1, 0.15) is 11.6 Å². The standard InChI is InChI=1S/C30H24BrN3O3/c31-23-17-15-21(16-18-23)26-28(34(36)37)27(22-11-5-2-6-12-22)32-30(26)24-13-7-8-14-25(24)33(29(30)35)19-20-9-3-1-4-10-20/h1-18,26-28,32H,19H2/t26-,27-,28-,30-/m0/s1. The molecule has 0 unspecified atom stereocenters. The van der Waals surface area contributed by atoms with Gasteiger partial charge in [-0.25, -0.2) is 0 Å². The van der Waals surface area contributed by atoms with Gasteiger partial charge < -0.3 is 4.90 Å². The van der Waals surface area contributed by atoms with Gasteiger partial charge in [-0.1, -0.05) is 107 Å². The van der Waals surface area contributed by atoms with Crippen molar-refractivity contribution >= 4 is 27.5 Å². The van der Waals surface area contributed by atoms with Crippen molar-refractivity contribution in [2.24, 2.45) is 0 Å². The van der Waals surface area contributed by atoms with Gasteiger partial charge in [-0.2, -0.15) is 0 Å². The Labute approximate surface area is 223 Å². The molecule has 184 valence electrons. The molecule has 0 bridgehead atoms. The number of hydrogen-bond acceptors (Lipinski definition) is 4. The Balaban J connectivity index is 1.57. The zero-order valence-corrected chi connectivity index (χ0v) is 21.4. The summed E-state index contributed by atoms with van der Waals surface area (Å²) in [5.41, 5.74) is 2.79. The van der Waals surface area contributed by atoms with Crippen molar-refractivity contribution in [3.05, 3.63) is 146 Å². The topological polar surface area (TPSA) is 75.5 Å². The molecule has 2 aliphatic heterocycles. The van der Waals surface area contributed by atoms with Crippen molar-refractivity contribution in [3.8, 4) is 0 Å². The molecule has 0 aromatic heterocycles. The van der Waals surface area contributed by atoms with Crippen molar-refractivity contribution in [3.63, 3.8) is 0 Å². The zero-order chi connectivity index (χ0) is 25.6. The maximum Gasteiger partial charge on any atom is 0.253 e. The van der Waals surface area contributed by atoms with Gasteiger partial charge in [-0.15, -0.1) is 0 Å². The Hall–Kier alpha value is -3.81. The van der Waals surface area contributed by atoms with E-state index < -0.39 is 23.5 Å². The molecule has 1 N–H and O–H groups in total. The minimum atomic E-state index is -1.29. The lowest BCUT2D eigenvalue weighted by atomic mass is 9.74. The number of anilines is 1. The molecule has 37 heavy (non-hydrogen) atoms. The largest absolute Gasteiger partial charge is 0.306 e. The average molecular weight is 554 g/mol. The first kappa shape index (κ1) is 23.6. The summed E-state index contributed by atoms with van der Waals surface area (Å²) >= 11 is 3.48. The van der Waals surface area contributed by atoms with Crippen LogP contribution in [0.4, 0.5) is 5.69 Å². The predicted molar refractivity (Wildman–Crippen MR) is 146 cm³/mol. The minimum absolute atomic E-state index is 0.171. The number of nitrogens with one attached hydrogen (secondary N) is 1. The van der Waals surface area contributed by atoms with Crippen LogP contribution in [0.25, 0.3) is 0 Å². The maximum atomic E-state index is 14.6. The molecule has 2 heterocycles. The van der Waals surface area contributed by atoms with Crippen LogP contribution >= 0.6 is 15.9 Å². The number of para-hydroxylation sites is 1. The summed E-state index contributed by atoms with van der Waals surface area (Å²) in [5.74, 6) is -0.897. The average Bonchev–Trinajstić information content (AvgIpc) is 3.40. The predicted octanol–water partition coefficient (Wildman–Crippen LogP) is 5.96. The first-order chi connectivity index (χ1) is 18.0. The van der Waals surface area contributed by atoms with Crippen LogP contribution in [-0.4, -0.2) is 16.9 Å². The third kappa shape index (κ3) is 3.77. The van der Waals surface area contributed by atoms with Gasteiger partial charge in [0.2, 0.25) is 6.04 Å². The molecule has 1 saturated heterocycles. The highest BCUT2D eigenvalue weighted by atomic mass is 79.9. The van der Waals surface area contributed by atoms with Crippen LogP contribution in [-0.2, 0) is 16.9 Å². The number of halogens is 1. The number of nitrogens with zero attached hydrogens (tertiary/aromatic N) is 2. The summed E-state index contributed by atoms with van der Waals surface area (Å²) < 4.78 is 0.873. The van der Waals surface area contributed by atoms with E-state index in [1.807, 2.05) is 109 Å².